The summed E-state index contributed by atoms with van der Waals surface area (Å²) in [4.78, 5) is 15.9. The number of nitrogens with one attached hydrogen (secondary N) is 1. The van der Waals surface area contributed by atoms with Crippen molar-refractivity contribution in [2.75, 3.05) is 26.9 Å². The van der Waals surface area contributed by atoms with Gasteiger partial charge >= 0.3 is 0 Å². The lowest BCUT2D eigenvalue weighted by atomic mass is 10.1. The van der Waals surface area contributed by atoms with E-state index >= 15 is 0 Å². The maximum Gasteiger partial charge on any atom is 0.252 e. The number of sulfonamides is 1. The van der Waals surface area contributed by atoms with E-state index in [4.69, 9.17) is 14.2 Å². The van der Waals surface area contributed by atoms with E-state index in [-0.39, 0.29) is 23.5 Å². The second-order valence-electron chi connectivity index (χ2n) is 8.90. The molecule has 0 unspecified atom stereocenters. The van der Waals surface area contributed by atoms with Crippen LogP contribution >= 0.6 is 0 Å². The zero-order chi connectivity index (χ0) is 26.0. The van der Waals surface area contributed by atoms with Gasteiger partial charge < -0.3 is 19.2 Å². The smallest absolute Gasteiger partial charge is 0.252 e. The Kier molecular flexibility index (Phi) is 6.90. The Bertz CT molecular complexity index is 1610. The quantitative estimate of drug-likeness (QED) is 0.377. The molecule has 0 bridgehead atoms. The molecule has 0 saturated carbocycles. The molecule has 1 N–H and O–H groups in total. The van der Waals surface area contributed by atoms with Crippen LogP contribution in [-0.2, 0) is 23.0 Å². The monoisotopic (exact) mass is 520 g/mol. The first-order valence-electron chi connectivity index (χ1n) is 12.0. The van der Waals surface area contributed by atoms with Crippen LogP contribution in [0.2, 0.25) is 0 Å². The highest BCUT2D eigenvalue weighted by Crippen LogP contribution is 2.33. The first kappa shape index (κ1) is 24.9. The van der Waals surface area contributed by atoms with Gasteiger partial charge in [0.2, 0.25) is 10.0 Å². The molecule has 4 aromatic rings. The normalized spacial score (nSPS) is 13.2. The number of ether oxygens (including phenoxy) is 3. The van der Waals surface area contributed by atoms with Crippen LogP contribution in [0.5, 0.6) is 17.2 Å². The largest absolute Gasteiger partial charge is 0.497 e. The SMILES string of the molecule is COc1ccc2[nH]c(=O)c(CN(CCc3ccccc3C)S(=O)(=O)c3ccc4c(c3)OCCO4)cc2c1. The molecule has 0 aliphatic carbocycles. The van der Waals surface area contributed by atoms with E-state index in [1.807, 2.05) is 37.3 Å². The lowest BCUT2D eigenvalue weighted by Gasteiger charge is -2.24. The average Bonchev–Trinajstić information content (AvgIpc) is 2.91. The molecule has 1 aliphatic rings. The Balaban J connectivity index is 1.53. The van der Waals surface area contributed by atoms with E-state index in [2.05, 4.69) is 4.98 Å². The van der Waals surface area contributed by atoms with Gasteiger partial charge in [0.15, 0.2) is 11.5 Å². The van der Waals surface area contributed by atoms with Crippen LogP contribution < -0.4 is 19.8 Å². The third kappa shape index (κ3) is 5.19. The maximum atomic E-state index is 13.9. The van der Waals surface area contributed by atoms with Gasteiger partial charge in [0.05, 0.1) is 12.0 Å². The van der Waals surface area contributed by atoms with Gasteiger partial charge in [0.25, 0.3) is 5.56 Å². The summed E-state index contributed by atoms with van der Waals surface area (Å²) < 4.78 is 45.6. The van der Waals surface area contributed by atoms with Crippen molar-refractivity contribution in [3.05, 3.63) is 93.8 Å². The van der Waals surface area contributed by atoms with Crippen LogP contribution in [0.1, 0.15) is 16.7 Å². The predicted octanol–water partition coefficient (Wildman–Crippen LogP) is 4.05. The van der Waals surface area contributed by atoms with Crippen molar-refractivity contribution < 1.29 is 22.6 Å². The van der Waals surface area contributed by atoms with Crippen LogP contribution in [0.25, 0.3) is 10.9 Å². The van der Waals surface area contributed by atoms with Crippen LogP contribution in [0, 0.1) is 6.92 Å². The maximum absolute atomic E-state index is 13.9. The van der Waals surface area contributed by atoms with Crippen molar-refractivity contribution in [2.45, 2.75) is 24.8 Å². The summed E-state index contributed by atoms with van der Waals surface area (Å²) in [6.07, 6.45) is 0.496. The Labute approximate surface area is 215 Å². The minimum absolute atomic E-state index is 0.0837. The number of nitrogens with zero attached hydrogens (tertiary/aromatic N) is 1. The number of benzene rings is 3. The number of aromatic nitrogens is 1. The molecule has 0 atom stereocenters. The third-order valence-electron chi connectivity index (χ3n) is 6.52. The second-order valence-corrected chi connectivity index (χ2v) is 10.8. The molecule has 192 valence electrons. The molecule has 3 aromatic carbocycles. The van der Waals surface area contributed by atoms with Crippen molar-refractivity contribution in [3.8, 4) is 17.2 Å². The molecule has 37 heavy (non-hydrogen) atoms. The standard InChI is InChI=1S/C28H28N2O6S/c1-19-5-3-4-6-20(19)11-12-30(37(32,33)24-8-10-26-27(17-24)36-14-13-35-26)18-22-15-21-16-23(34-2)7-9-25(21)29-28(22)31/h3-10,15-17H,11-14,18H2,1-2H3,(H,29,31). The molecule has 0 radical (unpaired) electrons. The molecule has 0 fully saturated rings. The molecular formula is C28H28N2O6S. The number of rotatable bonds is 8. The summed E-state index contributed by atoms with van der Waals surface area (Å²) in [6.45, 7) is 2.86. The molecule has 1 aromatic heterocycles. The van der Waals surface area contributed by atoms with Crippen molar-refractivity contribution in [2.24, 2.45) is 0 Å². The highest BCUT2D eigenvalue weighted by molar-refractivity contribution is 7.89. The zero-order valence-corrected chi connectivity index (χ0v) is 21.5. The topological polar surface area (TPSA) is 97.9 Å². The molecule has 5 rings (SSSR count). The second kappa shape index (κ2) is 10.3. The first-order valence-corrected chi connectivity index (χ1v) is 13.4. The summed E-state index contributed by atoms with van der Waals surface area (Å²) in [5.74, 6) is 1.55. The molecule has 8 nitrogen and oxygen atoms in total. The van der Waals surface area contributed by atoms with Crippen LogP contribution in [0.15, 0.2) is 76.4 Å². The van der Waals surface area contributed by atoms with Gasteiger partial charge in [-0.1, -0.05) is 24.3 Å². The molecule has 2 heterocycles. The Morgan fingerprint density at radius 3 is 2.51 bits per heavy atom. The van der Waals surface area contributed by atoms with Gasteiger partial charge in [-0.25, -0.2) is 8.42 Å². The highest BCUT2D eigenvalue weighted by atomic mass is 32.2. The van der Waals surface area contributed by atoms with Gasteiger partial charge in [0, 0.05) is 35.6 Å². The molecular weight excluding hydrogens is 492 g/mol. The van der Waals surface area contributed by atoms with E-state index in [1.54, 1.807) is 31.4 Å². The Morgan fingerprint density at radius 1 is 0.946 bits per heavy atom. The molecule has 0 amide bonds. The van der Waals surface area contributed by atoms with Gasteiger partial charge in [-0.3, -0.25) is 4.79 Å². The fourth-order valence-electron chi connectivity index (χ4n) is 4.42. The highest BCUT2D eigenvalue weighted by Gasteiger charge is 2.28. The van der Waals surface area contributed by atoms with E-state index in [1.165, 1.54) is 16.4 Å². The number of aryl methyl sites for hydroxylation is 1. The lowest BCUT2D eigenvalue weighted by Crippen LogP contribution is -2.34. The Morgan fingerprint density at radius 2 is 1.73 bits per heavy atom. The van der Waals surface area contributed by atoms with Crippen molar-refractivity contribution in [1.82, 2.24) is 9.29 Å². The number of fused-ring (bicyclic) bond motifs is 2. The van der Waals surface area contributed by atoms with Gasteiger partial charge in [0.1, 0.15) is 19.0 Å². The number of aromatic amines is 1. The average molecular weight is 521 g/mol. The summed E-state index contributed by atoms with van der Waals surface area (Å²) in [7, 11) is -2.41. The van der Waals surface area contributed by atoms with E-state index in [9.17, 15) is 13.2 Å². The number of methoxy groups -OCH3 is 1. The lowest BCUT2D eigenvalue weighted by molar-refractivity contribution is 0.171. The third-order valence-corrected chi connectivity index (χ3v) is 8.36. The summed E-state index contributed by atoms with van der Waals surface area (Å²) >= 11 is 0. The minimum Gasteiger partial charge on any atom is -0.497 e. The van der Waals surface area contributed by atoms with Gasteiger partial charge in [-0.2, -0.15) is 4.31 Å². The van der Waals surface area contributed by atoms with E-state index < -0.39 is 10.0 Å². The van der Waals surface area contributed by atoms with Crippen molar-refractivity contribution in [1.29, 1.82) is 0 Å². The van der Waals surface area contributed by atoms with E-state index in [0.29, 0.717) is 48.0 Å². The zero-order valence-electron chi connectivity index (χ0n) is 20.7. The van der Waals surface area contributed by atoms with Crippen LogP contribution in [0.3, 0.4) is 0 Å². The fourth-order valence-corrected chi connectivity index (χ4v) is 5.85. The van der Waals surface area contributed by atoms with Gasteiger partial charge in [-0.05, 0) is 60.9 Å². The summed E-state index contributed by atoms with van der Waals surface area (Å²) in [5, 5.41) is 0.754. The molecule has 0 spiro atoms. The number of hydrogen-bond donors (Lipinski definition) is 1. The number of hydrogen-bond acceptors (Lipinski definition) is 6. The van der Waals surface area contributed by atoms with Crippen molar-refractivity contribution >= 4 is 20.9 Å². The van der Waals surface area contributed by atoms with E-state index in [0.717, 1.165) is 16.5 Å². The minimum atomic E-state index is -3.98. The number of H-pyrrole nitrogens is 1. The number of pyridine rings is 1. The fraction of sp³-hybridized carbons (Fsp3) is 0.250. The molecule has 1 aliphatic heterocycles. The van der Waals surface area contributed by atoms with Gasteiger partial charge in [-0.15, -0.1) is 0 Å². The van der Waals surface area contributed by atoms with Crippen LogP contribution in [0.4, 0.5) is 0 Å². The predicted molar refractivity (Wildman–Crippen MR) is 141 cm³/mol. The summed E-state index contributed by atoms with van der Waals surface area (Å²) in [5.41, 5.74) is 2.77. The summed E-state index contributed by atoms with van der Waals surface area (Å²) in [6, 6.07) is 19.5. The molecule has 0 saturated heterocycles. The Hall–Kier alpha value is -3.82. The van der Waals surface area contributed by atoms with Crippen LogP contribution in [-0.4, -0.2) is 44.6 Å². The molecule has 9 heteroatoms. The first-order chi connectivity index (χ1) is 17.8. The van der Waals surface area contributed by atoms with Crippen molar-refractivity contribution in [3.63, 3.8) is 0 Å².